The van der Waals surface area contributed by atoms with E-state index in [1.807, 2.05) is 44.4 Å². The number of nitrogens with zero attached hydrogens (tertiary/aromatic N) is 4. The average molecular weight is 381 g/mol. The van der Waals surface area contributed by atoms with Gasteiger partial charge in [-0.15, -0.1) is 11.3 Å². The molecule has 0 fully saturated rings. The van der Waals surface area contributed by atoms with E-state index in [0.29, 0.717) is 17.3 Å². The first-order chi connectivity index (χ1) is 13.1. The number of hydrogen-bond donors (Lipinski definition) is 1. The van der Waals surface area contributed by atoms with Gasteiger partial charge in [0.1, 0.15) is 16.5 Å². The number of thiophene rings is 1. The fourth-order valence-electron chi connectivity index (χ4n) is 2.96. The summed E-state index contributed by atoms with van der Waals surface area (Å²) in [5.74, 6) is 3.56. The van der Waals surface area contributed by atoms with E-state index in [0.717, 1.165) is 33.0 Å². The lowest BCUT2D eigenvalue weighted by atomic mass is 10.1. The van der Waals surface area contributed by atoms with Crippen LogP contribution in [0, 0.1) is 6.92 Å². The zero-order chi connectivity index (χ0) is 19.0. The molecular formula is C19H19N5O2S. The highest BCUT2D eigenvalue weighted by molar-refractivity contribution is 7.17. The molecule has 1 N–H and O–H groups in total. The van der Waals surface area contributed by atoms with Gasteiger partial charge in [-0.25, -0.2) is 9.97 Å². The number of anilines is 2. The lowest BCUT2D eigenvalue weighted by Gasteiger charge is -2.11. The minimum atomic E-state index is 0.682. The molecule has 4 rings (SSSR count). The molecule has 0 aliphatic heterocycles. The van der Waals surface area contributed by atoms with Crippen molar-refractivity contribution in [3.63, 3.8) is 0 Å². The molecule has 3 heterocycles. The molecule has 0 bridgehead atoms. The molecule has 0 radical (unpaired) electrons. The summed E-state index contributed by atoms with van der Waals surface area (Å²) in [6, 6.07) is 7.78. The van der Waals surface area contributed by atoms with Gasteiger partial charge in [0, 0.05) is 30.3 Å². The Morgan fingerprint density at radius 3 is 2.59 bits per heavy atom. The Morgan fingerprint density at radius 2 is 1.89 bits per heavy atom. The molecule has 0 spiro atoms. The monoisotopic (exact) mass is 381 g/mol. The Bertz CT molecular complexity index is 1120. The van der Waals surface area contributed by atoms with Crippen LogP contribution in [0.25, 0.3) is 21.3 Å². The highest BCUT2D eigenvalue weighted by Gasteiger charge is 2.16. The van der Waals surface area contributed by atoms with E-state index in [2.05, 4.69) is 25.8 Å². The predicted molar refractivity (Wildman–Crippen MR) is 107 cm³/mol. The van der Waals surface area contributed by atoms with Gasteiger partial charge in [-0.2, -0.15) is 5.10 Å². The average Bonchev–Trinajstić information content (AvgIpc) is 3.27. The van der Waals surface area contributed by atoms with E-state index in [9.17, 15) is 0 Å². The van der Waals surface area contributed by atoms with Gasteiger partial charge in [-0.3, -0.25) is 4.68 Å². The molecule has 0 amide bonds. The van der Waals surface area contributed by atoms with Crippen molar-refractivity contribution in [1.29, 1.82) is 0 Å². The van der Waals surface area contributed by atoms with Crippen LogP contribution < -0.4 is 14.8 Å². The number of aromatic nitrogens is 4. The number of aryl methyl sites for hydroxylation is 2. The number of fused-ring (bicyclic) bond motifs is 1. The molecule has 0 aliphatic carbocycles. The number of benzene rings is 1. The van der Waals surface area contributed by atoms with Crippen LogP contribution in [0.5, 0.6) is 11.5 Å². The summed E-state index contributed by atoms with van der Waals surface area (Å²) in [5, 5.41) is 10.8. The van der Waals surface area contributed by atoms with Crippen LogP contribution in [0.1, 0.15) is 5.82 Å². The Kier molecular flexibility index (Phi) is 4.41. The summed E-state index contributed by atoms with van der Waals surface area (Å²) < 4.78 is 12.5. The molecule has 0 aliphatic rings. The van der Waals surface area contributed by atoms with Crippen LogP contribution in [0.4, 0.5) is 11.6 Å². The standard InChI is InChI=1S/C19H19N5O2S/c1-11-20-18(22-16-7-8-24(2)23-16)17-13(10-27-19(17)21-11)12-5-6-14(25-3)15(9-12)26-4/h5-10H,1-4H3,(H,20,21,22,23). The van der Waals surface area contributed by atoms with Gasteiger partial charge in [0.25, 0.3) is 0 Å². The maximum Gasteiger partial charge on any atom is 0.161 e. The SMILES string of the molecule is COc1ccc(-c2csc3nc(C)nc(Nc4ccn(C)n4)c23)cc1OC. The van der Waals surface area contributed by atoms with Gasteiger partial charge < -0.3 is 14.8 Å². The second-order valence-electron chi connectivity index (χ2n) is 6.02. The number of ether oxygens (including phenoxy) is 2. The number of methoxy groups -OCH3 is 2. The first kappa shape index (κ1) is 17.3. The van der Waals surface area contributed by atoms with Crippen molar-refractivity contribution in [3.8, 4) is 22.6 Å². The van der Waals surface area contributed by atoms with E-state index in [1.165, 1.54) is 0 Å². The Morgan fingerprint density at radius 1 is 1.07 bits per heavy atom. The van der Waals surface area contributed by atoms with Crippen molar-refractivity contribution in [3.05, 3.63) is 41.7 Å². The van der Waals surface area contributed by atoms with Gasteiger partial charge in [0.15, 0.2) is 17.3 Å². The molecule has 0 atom stereocenters. The molecule has 7 nitrogen and oxygen atoms in total. The van der Waals surface area contributed by atoms with Crippen molar-refractivity contribution in [2.45, 2.75) is 6.92 Å². The zero-order valence-corrected chi connectivity index (χ0v) is 16.3. The first-order valence-electron chi connectivity index (χ1n) is 8.34. The molecule has 27 heavy (non-hydrogen) atoms. The summed E-state index contributed by atoms with van der Waals surface area (Å²) in [4.78, 5) is 10.1. The Balaban J connectivity index is 1.87. The molecule has 4 aromatic rings. The van der Waals surface area contributed by atoms with Gasteiger partial charge in [0.05, 0.1) is 19.6 Å². The summed E-state index contributed by atoms with van der Waals surface area (Å²) in [6.07, 6.45) is 1.89. The summed E-state index contributed by atoms with van der Waals surface area (Å²) in [7, 11) is 5.14. The summed E-state index contributed by atoms with van der Waals surface area (Å²) in [6.45, 7) is 1.89. The maximum absolute atomic E-state index is 5.45. The van der Waals surface area contributed by atoms with Crippen molar-refractivity contribution >= 4 is 33.2 Å². The van der Waals surface area contributed by atoms with Gasteiger partial charge >= 0.3 is 0 Å². The summed E-state index contributed by atoms with van der Waals surface area (Å²) >= 11 is 1.59. The van der Waals surface area contributed by atoms with E-state index in [-0.39, 0.29) is 0 Å². The van der Waals surface area contributed by atoms with Crippen molar-refractivity contribution in [1.82, 2.24) is 19.7 Å². The fourth-order valence-corrected chi connectivity index (χ4v) is 3.95. The van der Waals surface area contributed by atoms with Crippen molar-refractivity contribution in [2.24, 2.45) is 7.05 Å². The van der Waals surface area contributed by atoms with Crippen LogP contribution >= 0.6 is 11.3 Å². The van der Waals surface area contributed by atoms with Crippen LogP contribution in [0.3, 0.4) is 0 Å². The highest BCUT2D eigenvalue weighted by atomic mass is 32.1. The third-order valence-electron chi connectivity index (χ3n) is 4.20. The molecule has 0 unspecified atom stereocenters. The third kappa shape index (κ3) is 3.19. The molecule has 0 saturated heterocycles. The number of hydrogen-bond acceptors (Lipinski definition) is 7. The number of nitrogens with one attached hydrogen (secondary N) is 1. The largest absolute Gasteiger partial charge is 0.493 e. The van der Waals surface area contributed by atoms with Crippen LogP contribution in [-0.2, 0) is 7.05 Å². The smallest absolute Gasteiger partial charge is 0.161 e. The van der Waals surface area contributed by atoms with Gasteiger partial charge in [0.2, 0.25) is 0 Å². The van der Waals surface area contributed by atoms with E-state index in [4.69, 9.17) is 9.47 Å². The first-order valence-corrected chi connectivity index (χ1v) is 9.22. The minimum absolute atomic E-state index is 0.682. The zero-order valence-electron chi connectivity index (χ0n) is 15.5. The van der Waals surface area contributed by atoms with Crippen LogP contribution in [0.2, 0.25) is 0 Å². The van der Waals surface area contributed by atoms with Crippen molar-refractivity contribution in [2.75, 3.05) is 19.5 Å². The van der Waals surface area contributed by atoms with E-state index >= 15 is 0 Å². The van der Waals surface area contributed by atoms with Gasteiger partial charge in [-0.1, -0.05) is 6.07 Å². The quantitative estimate of drug-likeness (QED) is 0.559. The molecule has 8 heteroatoms. The third-order valence-corrected chi connectivity index (χ3v) is 5.07. The fraction of sp³-hybridized carbons (Fsp3) is 0.211. The topological polar surface area (TPSA) is 74.1 Å². The predicted octanol–water partition coefficient (Wildman–Crippen LogP) is 4.16. The lowest BCUT2D eigenvalue weighted by molar-refractivity contribution is 0.355. The second-order valence-corrected chi connectivity index (χ2v) is 6.88. The van der Waals surface area contributed by atoms with Gasteiger partial charge in [-0.05, 0) is 24.6 Å². The van der Waals surface area contributed by atoms with E-state index in [1.54, 1.807) is 30.2 Å². The van der Waals surface area contributed by atoms with Crippen LogP contribution in [0.15, 0.2) is 35.8 Å². The Labute approximate surface area is 160 Å². The molecule has 3 aromatic heterocycles. The highest BCUT2D eigenvalue weighted by Crippen LogP contribution is 2.40. The van der Waals surface area contributed by atoms with Crippen LogP contribution in [-0.4, -0.2) is 34.0 Å². The Hall–Kier alpha value is -3.13. The minimum Gasteiger partial charge on any atom is -0.493 e. The number of rotatable bonds is 5. The summed E-state index contributed by atoms with van der Waals surface area (Å²) in [5.41, 5.74) is 2.05. The second kappa shape index (κ2) is 6.88. The molecule has 138 valence electrons. The lowest BCUT2D eigenvalue weighted by Crippen LogP contribution is -1.99. The van der Waals surface area contributed by atoms with E-state index < -0.39 is 0 Å². The maximum atomic E-state index is 5.45. The molecule has 1 aromatic carbocycles. The van der Waals surface area contributed by atoms with Crippen molar-refractivity contribution < 1.29 is 9.47 Å². The normalized spacial score (nSPS) is 11.0. The molecular weight excluding hydrogens is 362 g/mol. The molecule has 0 saturated carbocycles.